The lowest BCUT2D eigenvalue weighted by Gasteiger charge is -2.22. The lowest BCUT2D eigenvalue weighted by Crippen LogP contribution is -2.13. The van der Waals surface area contributed by atoms with Gasteiger partial charge in [-0.3, -0.25) is 0 Å². The van der Waals surface area contributed by atoms with Gasteiger partial charge in [0.1, 0.15) is 5.82 Å². The van der Waals surface area contributed by atoms with Crippen LogP contribution in [0.25, 0.3) is 0 Å². The summed E-state index contributed by atoms with van der Waals surface area (Å²) in [6.07, 6.45) is 0. The molecule has 0 bridgehead atoms. The van der Waals surface area contributed by atoms with Crippen LogP contribution in [0.4, 0.5) is 4.39 Å². The second kappa shape index (κ2) is 46.4. The van der Waals surface area contributed by atoms with Gasteiger partial charge in [0, 0.05) is 25.1 Å². The van der Waals surface area contributed by atoms with E-state index in [2.05, 4.69) is 368 Å². The second-order valence-corrected chi connectivity index (χ2v) is 43.3. The molecule has 10 aromatic carbocycles. The quantitative estimate of drug-likeness (QED) is 0.174. The fourth-order valence-electron chi connectivity index (χ4n) is 11.9. The Labute approximate surface area is 734 Å². The summed E-state index contributed by atoms with van der Waals surface area (Å²) >= 11 is 29.9. The van der Waals surface area contributed by atoms with E-state index in [0.717, 1.165) is 53.5 Å². The molecule has 10 rings (SSSR count). The first kappa shape index (κ1) is 108. The Balaban J connectivity index is 0.000000645. The maximum absolute atomic E-state index is 13.3. The van der Waals surface area contributed by atoms with Gasteiger partial charge in [0.05, 0.1) is 6.61 Å². The first-order valence-corrected chi connectivity index (χ1v) is 43.0. The Morgan fingerprint density at radius 2 is 0.560 bits per heavy atom. The smallest absolute Gasteiger partial charge is 0.127 e. The Morgan fingerprint density at radius 1 is 0.233 bits per heavy atom. The molecule has 7 heteroatoms. The number of rotatable bonds is 1. The minimum absolute atomic E-state index is 0.00935. The molecule has 0 unspecified atom stereocenters. The van der Waals surface area contributed by atoms with E-state index in [1.165, 1.54) is 72.3 Å². The predicted octanol–water partition coefficient (Wildman–Crippen LogP) is 35.2. The molecule has 116 heavy (non-hydrogen) atoms. The van der Waals surface area contributed by atoms with Crippen molar-refractivity contribution in [1.29, 1.82) is 0 Å². The third kappa shape index (κ3) is 41.0. The van der Waals surface area contributed by atoms with Crippen molar-refractivity contribution in [3.05, 3.63) is 349 Å². The highest BCUT2D eigenvalue weighted by Crippen LogP contribution is 2.37. The summed E-state index contributed by atoms with van der Waals surface area (Å²) in [4.78, 5) is 0. The highest BCUT2D eigenvalue weighted by molar-refractivity contribution is 6.36. The van der Waals surface area contributed by atoms with E-state index >= 15 is 0 Å². The van der Waals surface area contributed by atoms with Crippen LogP contribution in [-0.4, -0.2) is 5.11 Å². The average molecular weight is 1670 g/mol. The molecule has 0 heterocycles. The molecular formula is C109H152Cl5FO. The zero-order valence-electron chi connectivity index (χ0n) is 79.1. The summed E-state index contributed by atoms with van der Waals surface area (Å²) in [6.45, 7) is 82.2. The van der Waals surface area contributed by atoms with E-state index in [9.17, 15) is 4.39 Å². The summed E-state index contributed by atoms with van der Waals surface area (Å²) in [7, 11) is 0. The number of aliphatic hydroxyl groups excluding tert-OH is 1. The van der Waals surface area contributed by atoms with Crippen molar-refractivity contribution in [1.82, 2.24) is 0 Å². The van der Waals surface area contributed by atoms with E-state index in [-0.39, 0.29) is 66.6 Å². The summed E-state index contributed by atoms with van der Waals surface area (Å²) in [5.74, 6) is -0.0949. The van der Waals surface area contributed by atoms with E-state index in [4.69, 9.17) is 63.1 Å². The number of aryl methyl sites for hydroxylation is 8. The van der Waals surface area contributed by atoms with Crippen LogP contribution in [0, 0.1) is 61.2 Å². The first-order chi connectivity index (χ1) is 52.6. The lowest BCUT2D eigenvalue weighted by atomic mass is 9.83. The minimum Gasteiger partial charge on any atom is -0.392 e. The van der Waals surface area contributed by atoms with Gasteiger partial charge in [-0.05, 0) is 224 Å². The van der Waals surface area contributed by atoms with Crippen molar-refractivity contribution in [3.63, 3.8) is 0 Å². The number of benzene rings is 10. The maximum atomic E-state index is 13.3. The second-order valence-electron chi connectivity index (χ2n) is 41.3. The lowest BCUT2D eigenvalue weighted by molar-refractivity contribution is 0.278. The average Bonchev–Trinajstić information content (AvgIpc) is 0.831. The van der Waals surface area contributed by atoms with E-state index < -0.39 is 0 Å². The third-order valence-corrected chi connectivity index (χ3v) is 20.8. The maximum Gasteiger partial charge on any atom is 0.127 e. The van der Waals surface area contributed by atoms with Gasteiger partial charge in [-0.2, -0.15) is 0 Å². The Bertz CT molecular complexity index is 4370. The van der Waals surface area contributed by atoms with Crippen molar-refractivity contribution in [2.75, 3.05) is 0 Å². The molecule has 0 spiro atoms. The van der Waals surface area contributed by atoms with Gasteiger partial charge in [-0.1, -0.05) is 469 Å². The molecule has 10 aromatic rings. The van der Waals surface area contributed by atoms with Crippen molar-refractivity contribution in [2.45, 2.75) is 324 Å². The molecule has 636 valence electrons. The van der Waals surface area contributed by atoms with E-state index in [0.29, 0.717) is 5.02 Å². The Morgan fingerprint density at radius 3 is 0.871 bits per heavy atom. The van der Waals surface area contributed by atoms with Gasteiger partial charge in [0.25, 0.3) is 0 Å². The zero-order chi connectivity index (χ0) is 89.9. The SMILES string of the molecule is CC(C)(C)c1c(Cl)cccc1Cl.CC(C)(C)c1ccc(Cl)cc1Cl.CC(C)(C)c1ccccc1CO.Cc1ccc(C(C)(C)C)c(F)c1.Cc1ccc(C(C)(C)C)cc1.Cc1ccc(C(C)(C)C)cc1.Cc1ccc(C(C)(C)C)cc1Cl.Cc1ccc(C)c(C(C)(C)C)c1.Cc1cccc(C(C)(C)C)c1.Cc1cccc(C(C)(C)C)c1. The van der Waals surface area contributed by atoms with Gasteiger partial charge in [0.2, 0.25) is 0 Å². The molecule has 0 aliphatic carbocycles. The largest absolute Gasteiger partial charge is 0.392 e. The molecule has 0 saturated carbocycles. The van der Waals surface area contributed by atoms with Gasteiger partial charge in [-0.15, -0.1) is 0 Å². The van der Waals surface area contributed by atoms with E-state index in [1.54, 1.807) is 12.1 Å². The van der Waals surface area contributed by atoms with Crippen molar-refractivity contribution in [3.8, 4) is 0 Å². The number of hydrogen-bond acceptors (Lipinski definition) is 1. The fraction of sp³-hybridized carbons (Fsp3) is 0.450. The van der Waals surface area contributed by atoms with Crippen LogP contribution in [0.1, 0.15) is 313 Å². The van der Waals surface area contributed by atoms with Gasteiger partial charge >= 0.3 is 0 Å². The molecule has 0 saturated heterocycles. The molecule has 0 radical (unpaired) electrons. The van der Waals surface area contributed by atoms with Crippen LogP contribution in [-0.2, 0) is 60.8 Å². The van der Waals surface area contributed by atoms with Gasteiger partial charge in [0.15, 0.2) is 0 Å². The van der Waals surface area contributed by atoms with Crippen molar-refractivity contribution >= 4 is 58.0 Å². The summed E-state index contributed by atoms with van der Waals surface area (Å²) in [5, 5.41) is 12.9. The van der Waals surface area contributed by atoms with E-state index in [1.807, 2.05) is 95.3 Å². The fourth-order valence-corrected chi connectivity index (χ4v) is 13.7. The highest BCUT2D eigenvalue weighted by atomic mass is 35.5. The van der Waals surface area contributed by atoms with Crippen LogP contribution in [0.2, 0.25) is 25.1 Å². The first-order valence-electron chi connectivity index (χ1n) is 41.1. The molecule has 0 aliphatic heterocycles. The van der Waals surface area contributed by atoms with Crippen LogP contribution < -0.4 is 0 Å². The normalized spacial score (nSPS) is 11.7. The highest BCUT2D eigenvalue weighted by Gasteiger charge is 2.23. The van der Waals surface area contributed by atoms with Crippen molar-refractivity contribution in [2.24, 2.45) is 0 Å². The van der Waals surface area contributed by atoms with Crippen LogP contribution in [0.15, 0.2) is 212 Å². The monoisotopic (exact) mass is 1670 g/mol. The Kier molecular flexibility index (Phi) is 43.0. The van der Waals surface area contributed by atoms with Crippen LogP contribution >= 0.6 is 58.0 Å². The molecule has 0 atom stereocenters. The number of aliphatic hydroxyl groups is 1. The van der Waals surface area contributed by atoms with Gasteiger partial charge < -0.3 is 5.11 Å². The molecule has 1 N–H and O–H groups in total. The number of halogens is 6. The molecule has 0 amide bonds. The topological polar surface area (TPSA) is 20.2 Å². The molecule has 0 aromatic heterocycles. The number of hydrogen-bond donors (Lipinski definition) is 1. The zero-order valence-corrected chi connectivity index (χ0v) is 82.9. The van der Waals surface area contributed by atoms with Crippen LogP contribution in [0.5, 0.6) is 0 Å². The summed E-state index contributed by atoms with van der Waals surface area (Å²) in [5.41, 5.74) is 25.5. The summed E-state index contributed by atoms with van der Waals surface area (Å²) in [6, 6.07) is 72.4. The molecule has 1 nitrogen and oxygen atoms in total. The molecule has 0 fully saturated rings. The summed E-state index contributed by atoms with van der Waals surface area (Å²) < 4.78 is 13.3. The van der Waals surface area contributed by atoms with Crippen LogP contribution in [0.3, 0.4) is 0 Å². The third-order valence-electron chi connectivity index (χ3n) is 19.2. The molecular weight excluding hydrogens is 1520 g/mol. The minimum atomic E-state index is -0.0994. The van der Waals surface area contributed by atoms with Crippen molar-refractivity contribution < 1.29 is 9.50 Å². The standard InChI is InChI=1S/C12H18.C11H15Cl.C11H15F.C11H16O.4C11H16.2C10H12Cl2/c1-9-6-7-10(2)11(8-9)12(3,4)5;1-8-5-6-9(7-10(8)12)11(2,3)4;1-8-5-6-9(10(12)7-8)11(2,3)4;1-11(2,3)10-7-5-4-6-9(10)8-12;2*1-9-5-7-10(8-6-9)11(2,3)4;2*1-9-6-5-7-10(8-9)11(2,3)4;1-10(2,3)8-5-4-7(11)6-9(8)12;1-10(2,3)9-7(11)5-4-6-8(9)12/h6-8H,1-5H3;2*5-7H,1-4H3;4-7,12H,8H2,1-3H3;4*5-8H,1-4H3;2*4-6H,1-3H3. The molecule has 0 aliphatic rings. The van der Waals surface area contributed by atoms with Gasteiger partial charge in [-0.25, -0.2) is 4.39 Å². The Hall–Kier alpha value is -6.46. The predicted molar refractivity (Wildman–Crippen MR) is 520 cm³/mol.